The van der Waals surface area contributed by atoms with Crippen molar-refractivity contribution in [3.63, 3.8) is 0 Å². The molecule has 0 radical (unpaired) electrons. The summed E-state index contributed by atoms with van der Waals surface area (Å²) in [4.78, 5) is 2.77. The molecule has 0 bridgehead atoms. The van der Waals surface area contributed by atoms with Crippen molar-refractivity contribution in [2.45, 2.75) is 38.3 Å². The predicted molar refractivity (Wildman–Crippen MR) is 69.0 cm³/mol. The molecule has 1 saturated carbocycles. The van der Waals surface area contributed by atoms with Crippen molar-refractivity contribution in [3.8, 4) is 0 Å². The maximum atomic E-state index is 5.48. The molecule has 1 N–H and O–H groups in total. The fourth-order valence-electron chi connectivity index (χ4n) is 4.15. The van der Waals surface area contributed by atoms with Crippen molar-refractivity contribution in [2.24, 2.45) is 17.8 Å². The average molecular weight is 238 g/mol. The van der Waals surface area contributed by atoms with Crippen molar-refractivity contribution in [2.75, 3.05) is 33.4 Å². The van der Waals surface area contributed by atoms with Gasteiger partial charge in [0.05, 0.1) is 6.61 Å². The molecule has 3 nitrogen and oxygen atoms in total. The van der Waals surface area contributed by atoms with Gasteiger partial charge in [0.1, 0.15) is 0 Å². The van der Waals surface area contributed by atoms with E-state index in [2.05, 4.69) is 24.1 Å². The number of hydrogen-bond donors (Lipinski definition) is 1. The summed E-state index contributed by atoms with van der Waals surface area (Å²) in [6.07, 6.45) is 2.82. The average Bonchev–Trinajstić information content (AvgIpc) is 2.95. The Morgan fingerprint density at radius 2 is 2.12 bits per heavy atom. The lowest BCUT2D eigenvalue weighted by molar-refractivity contribution is 0.0265. The van der Waals surface area contributed by atoms with Gasteiger partial charge in [-0.25, -0.2) is 0 Å². The normalized spacial score (nSPS) is 38.3. The van der Waals surface area contributed by atoms with Gasteiger partial charge in [0.2, 0.25) is 0 Å². The molecule has 0 aromatic rings. The number of nitrogens with zero attached hydrogens (tertiary/aromatic N) is 1. The summed E-state index contributed by atoms with van der Waals surface area (Å²) in [5.41, 5.74) is 0.347. The van der Waals surface area contributed by atoms with Crippen molar-refractivity contribution in [1.82, 2.24) is 10.2 Å². The second kappa shape index (κ2) is 4.22. The van der Waals surface area contributed by atoms with Gasteiger partial charge in [-0.05, 0) is 51.0 Å². The van der Waals surface area contributed by atoms with Crippen LogP contribution in [0.15, 0.2) is 0 Å². The minimum Gasteiger partial charge on any atom is -0.383 e. The number of ether oxygens (including phenoxy) is 1. The van der Waals surface area contributed by atoms with Crippen LogP contribution in [0.1, 0.15) is 26.7 Å². The fourth-order valence-corrected chi connectivity index (χ4v) is 4.15. The van der Waals surface area contributed by atoms with Crippen molar-refractivity contribution >= 4 is 0 Å². The molecule has 98 valence electrons. The molecular formula is C14H26N2O. The van der Waals surface area contributed by atoms with Crippen LogP contribution in [0.3, 0.4) is 0 Å². The zero-order chi connectivity index (χ0) is 12.0. The SMILES string of the molecule is COCC(C1CC1)N1CC2CNCC2C1(C)C. The molecule has 3 fully saturated rings. The van der Waals surface area contributed by atoms with Crippen LogP contribution in [0, 0.1) is 17.8 Å². The number of likely N-dealkylation sites (tertiary alicyclic amines) is 1. The quantitative estimate of drug-likeness (QED) is 0.800. The van der Waals surface area contributed by atoms with E-state index in [-0.39, 0.29) is 0 Å². The first-order valence-electron chi connectivity index (χ1n) is 7.11. The Bertz CT molecular complexity index is 288. The van der Waals surface area contributed by atoms with Gasteiger partial charge in [0.15, 0.2) is 0 Å². The van der Waals surface area contributed by atoms with E-state index in [0.717, 1.165) is 24.4 Å². The van der Waals surface area contributed by atoms with E-state index in [4.69, 9.17) is 4.74 Å². The molecule has 3 rings (SSSR count). The molecule has 3 atom stereocenters. The summed E-state index contributed by atoms with van der Waals surface area (Å²) in [6.45, 7) is 9.50. The molecule has 0 amide bonds. The fraction of sp³-hybridized carbons (Fsp3) is 1.00. The van der Waals surface area contributed by atoms with Gasteiger partial charge < -0.3 is 10.1 Å². The van der Waals surface area contributed by atoms with Crippen LogP contribution in [0.5, 0.6) is 0 Å². The standard InChI is InChI=1S/C14H26N2O/c1-14(2)12-7-15-6-11(12)8-16(14)13(9-17-3)10-4-5-10/h10-13,15H,4-9H2,1-3H3. The van der Waals surface area contributed by atoms with Gasteiger partial charge in [0.25, 0.3) is 0 Å². The number of hydrogen-bond acceptors (Lipinski definition) is 3. The Balaban J connectivity index is 1.77. The van der Waals surface area contributed by atoms with E-state index >= 15 is 0 Å². The smallest absolute Gasteiger partial charge is 0.0620 e. The van der Waals surface area contributed by atoms with Crippen LogP contribution < -0.4 is 5.32 Å². The Morgan fingerprint density at radius 1 is 1.35 bits per heavy atom. The number of rotatable bonds is 4. The van der Waals surface area contributed by atoms with Gasteiger partial charge in [-0.1, -0.05) is 0 Å². The van der Waals surface area contributed by atoms with E-state index in [1.807, 2.05) is 7.11 Å². The Kier molecular flexibility index (Phi) is 2.96. The van der Waals surface area contributed by atoms with Crippen molar-refractivity contribution in [1.29, 1.82) is 0 Å². The van der Waals surface area contributed by atoms with Gasteiger partial charge >= 0.3 is 0 Å². The van der Waals surface area contributed by atoms with Crippen LogP contribution in [0.4, 0.5) is 0 Å². The predicted octanol–water partition coefficient (Wildman–Crippen LogP) is 1.34. The van der Waals surface area contributed by atoms with Crippen LogP contribution >= 0.6 is 0 Å². The molecule has 3 unspecified atom stereocenters. The molecule has 0 spiro atoms. The first kappa shape index (κ1) is 11.9. The second-order valence-electron chi connectivity index (χ2n) is 6.69. The largest absolute Gasteiger partial charge is 0.383 e. The summed E-state index contributed by atoms with van der Waals surface area (Å²) in [5.74, 6) is 2.60. The van der Waals surface area contributed by atoms with E-state index in [9.17, 15) is 0 Å². The highest BCUT2D eigenvalue weighted by molar-refractivity contribution is 5.08. The lowest BCUT2D eigenvalue weighted by Gasteiger charge is -2.41. The molecule has 2 heterocycles. The molecule has 3 aliphatic rings. The summed E-state index contributed by atoms with van der Waals surface area (Å²) < 4.78 is 5.48. The molecule has 3 heteroatoms. The maximum absolute atomic E-state index is 5.48. The number of nitrogens with one attached hydrogen (secondary N) is 1. The summed E-state index contributed by atoms with van der Waals surface area (Å²) in [6, 6.07) is 0.667. The molecule has 0 aromatic carbocycles. The summed E-state index contributed by atoms with van der Waals surface area (Å²) in [7, 11) is 1.85. The van der Waals surface area contributed by atoms with E-state index in [1.165, 1.54) is 32.5 Å². The highest BCUT2D eigenvalue weighted by Gasteiger charge is 2.53. The van der Waals surface area contributed by atoms with E-state index < -0.39 is 0 Å². The van der Waals surface area contributed by atoms with Crippen LogP contribution in [0.25, 0.3) is 0 Å². The minimum atomic E-state index is 0.347. The highest BCUT2D eigenvalue weighted by Crippen LogP contribution is 2.46. The van der Waals surface area contributed by atoms with Crippen molar-refractivity contribution < 1.29 is 4.74 Å². The van der Waals surface area contributed by atoms with Gasteiger partial charge in [-0.15, -0.1) is 0 Å². The van der Waals surface area contributed by atoms with Crippen LogP contribution in [-0.2, 0) is 4.74 Å². The molecule has 17 heavy (non-hydrogen) atoms. The summed E-state index contributed by atoms with van der Waals surface area (Å²) >= 11 is 0. The third-order valence-corrected chi connectivity index (χ3v) is 5.32. The van der Waals surface area contributed by atoms with E-state index in [1.54, 1.807) is 0 Å². The first-order valence-corrected chi connectivity index (χ1v) is 7.11. The van der Waals surface area contributed by atoms with Crippen LogP contribution in [-0.4, -0.2) is 49.8 Å². The monoisotopic (exact) mass is 238 g/mol. The molecule has 1 aliphatic carbocycles. The van der Waals surface area contributed by atoms with Crippen LogP contribution in [0.2, 0.25) is 0 Å². The molecule has 2 aliphatic heterocycles. The molecule has 0 aromatic heterocycles. The Labute approximate surface area is 105 Å². The highest BCUT2D eigenvalue weighted by atomic mass is 16.5. The van der Waals surface area contributed by atoms with Gasteiger partial charge in [0, 0.05) is 31.8 Å². The van der Waals surface area contributed by atoms with Crippen molar-refractivity contribution in [3.05, 3.63) is 0 Å². The third-order valence-electron chi connectivity index (χ3n) is 5.32. The minimum absolute atomic E-state index is 0.347. The zero-order valence-electron chi connectivity index (χ0n) is 11.4. The Morgan fingerprint density at radius 3 is 2.71 bits per heavy atom. The zero-order valence-corrected chi connectivity index (χ0v) is 11.4. The third kappa shape index (κ3) is 1.92. The number of fused-ring (bicyclic) bond motifs is 1. The first-order chi connectivity index (χ1) is 8.14. The molecule has 2 saturated heterocycles. The maximum Gasteiger partial charge on any atom is 0.0620 e. The summed E-state index contributed by atoms with van der Waals surface area (Å²) in [5, 5.41) is 3.56. The second-order valence-corrected chi connectivity index (χ2v) is 6.69. The van der Waals surface area contributed by atoms with Gasteiger partial charge in [-0.3, -0.25) is 4.90 Å². The molecular weight excluding hydrogens is 212 g/mol. The lowest BCUT2D eigenvalue weighted by atomic mass is 9.84. The van der Waals surface area contributed by atoms with E-state index in [0.29, 0.717) is 11.6 Å². The van der Waals surface area contributed by atoms with Gasteiger partial charge in [-0.2, -0.15) is 0 Å². The topological polar surface area (TPSA) is 24.5 Å². The Hall–Kier alpha value is -0.120. The number of methoxy groups -OCH3 is 1. The lowest BCUT2D eigenvalue weighted by Crippen LogP contribution is -2.52.